The van der Waals surface area contributed by atoms with Gasteiger partial charge >= 0.3 is 0 Å². The molecular weight excluding hydrogens is 312 g/mol. The van der Waals surface area contributed by atoms with Gasteiger partial charge < -0.3 is 10.2 Å². The third-order valence-electron chi connectivity index (χ3n) is 3.52. The van der Waals surface area contributed by atoms with Crippen LogP contribution in [0.2, 0.25) is 0 Å². The van der Waals surface area contributed by atoms with Crippen LogP contribution in [0.15, 0.2) is 53.0 Å². The molecule has 0 aliphatic heterocycles. The minimum atomic E-state index is 0.314. The molecule has 3 heteroatoms. The number of nitrogens with zero attached hydrogens (tertiary/aromatic N) is 1. The van der Waals surface area contributed by atoms with Crippen molar-refractivity contribution in [2.24, 2.45) is 0 Å². The van der Waals surface area contributed by atoms with E-state index in [0.29, 0.717) is 6.04 Å². The van der Waals surface area contributed by atoms with Crippen LogP contribution in [0.4, 0.5) is 5.69 Å². The maximum atomic E-state index is 3.63. The SMILES string of the molecule is CNC(Cc1ccccc1Br)c1cccc(N(C)C)c1. The lowest BCUT2D eigenvalue weighted by Crippen LogP contribution is -2.19. The molecule has 1 atom stereocenters. The molecule has 0 radical (unpaired) electrons. The van der Waals surface area contributed by atoms with Crippen molar-refractivity contribution in [1.82, 2.24) is 5.32 Å². The van der Waals surface area contributed by atoms with Gasteiger partial charge in [0.05, 0.1) is 0 Å². The normalized spacial score (nSPS) is 12.2. The number of nitrogens with one attached hydrogen (secondary N) is 1. The summed E-state index contributed by atoms with van der Waals surface area (Å²) in [5, 5.41) is 3.42. The number of anilines is 1. The standard InChI is InChI=1S/C17H21BrN2/c1-19-17(12-13-7-4-5-10-16(13)18)14-8-6-9-15(11-14)20(2)3/h4-11,17,19H,12H2,1-3H3. The Morgan fingerprint density at radius 1 is 1.10 bits per heavy atom. The van der Waals surface area contributed by atoms with E-state index in [4.69, 9.17) is 0 Å². The number of halogens is 1. The highest BCUT2D eigenvalue weighted by Crippen LogP contribution is 2.25. The molecule has 0 bridgehead atoms. The Hall–Kier alpha value is -1.32. The topological polar surface area (TPSA) is 15.3 Å². The average Bonchev–Trinajstić information content (AvgIpc) is 2.46. The summed E-state index contributed by atoms with van der Waals surface area (Å²) in [6, 6.07) is 17.4. The van der Waals surface area contributed by atoms with E-state index in [2.05, 4.69) is 88.8 Å². The summed E-state index contributed by atoms with van der Waals surface area (Å²) in [6.07, 6.45) is 0.967. The molecule has 20 heavy (non-hydrogen) atoms. The zero-order valence-electron chi connectivity index (χ0n) is 12.2. The Morgan fingerprint density at radius 3 is 2.50 bits per heavy atom. The molecule has 0 aliphatic rings. The van der Waals surface area contributed by atoms with Crippen LogP contribution >= 0.6 is 15.9 Å². The predicted octanol–water partition coefficient (Wildman–Crippen LogP) is 4.02. The van der Waals surface area contributed by atoms with Crippen molar-refractivity contribution in [3.8, 4) is 0 Å². The molecule has 0 saturated carbocycles. The summed E-state index contributed by atoms with van der Waals surface area (Å²) in [5.74, 6) is 0. The van der Waals surface area contributed by atoms with Crippen LogP contribution in [-0.2, 0) is 6.42 Å². The molecule has 0 saturated heterocycles. The minimum Gasteiger partial charge on any atom is -0.378 e. The molecule has 2 rings (SSSR count). The van der Waals surface area contributed by atoms with Crippen LogP contribution in [0.1, 0.15) is 17.2 Å². The van der Waals surface area contributed by atoms with Crippen molar-refractivity contribution >= 4 is 21.6 Å². The van der Waals surface area contributed by atoms with E-state index in [1.165, 1.54) is 21.3 Å². The van der Waals surface area contributed by atoms with Crippen molar-refractivity contribution in [3.63, 3.8) is 0 Å². The molecule has 0 spiro atoms. The monoisotopic (exact) mass is 332 g/mol. The number of hydrogen-bond donors (Lipinski definition) is 1. The highest BCUT2D eigenvalue weighted by Gasteiger charge is 2.12. The summed E-state index contributed by atoms with van der Waals surface area (Å²) >= 11 is 3.63. The van der Waals surface area contributed by atoms with E-state index in [-0.39, 0.29) is 0 Å². The van der Waals surface area contributed by atoms with Gasteiger partial charge in [0, 0.05) is 30.3 Å². The molecule has 0 fully saturated rings. The lowest BCUT2D eigenvalue weighted by Gasteiger charge is -2.20. The van der Waals surface area contributed by atoms with Crippen molar-refractivity contribution in [3.05, 3.63) is 64.1 Å². The fourth-order valence-electron chi connectivity index (χ4n) is 2.29. The smallest absolute Gasteiger partial charge is 0.0364 e. The van der Waals surface area contributed by atoms with Crippen LogP contribution in [0.25, 0.3) is 0 Å². The zero-order valence-corrected chi connectivity index (χ0v) is 13.8. The van der Waals surface area contributed by atoms with Crippen molar-refractivity contribution in [2.45, 2.75) is 12.5 Å². The van der Waals surface area contributed by atoms with Crippen LogP contribution < -0.4 is 10.2 Å². The van der Waals surface area contributed by atoms with Crippen LogP contribution in [0.3, 0.4) is 0 Å². The predicted molar refractivity (Wildman–Crippen MR) is 90.4 cm³/mol. The largest absolute Gasteiger partial charge is 0.378 e. The van der Waals surface area contributed by atoms with Crippen LogP contribution in [0, 0.1) is 0 Å². The maximum Gasteiger partial charge on any atom is 0.0364 e. The lowest BCUT2D eigenvalue weighted by molar-refractivity contribution is 0.591. The Bertz CT molecular complexity index is 566. The molecule has 0 heterocycles. The molecule has 1 N–H and O–H groups in total. The lowest BCUT2D eigenvalue weighted by atomic mass is 9.98. The van der Waals surface area contributed by atoms with Gasteiger partial charge in [-0.3, -0.25) is 0 Å². The van der Waals surface area contributed by atoms with Gasteiger partial charge in [-0.2, -0.15) is 0 Å². The van der Waals surface area contributed by atoms with Gasteiger partial charge in [0.1, 0.15) is 0 Å². The van der Waals surface area contributed by atoms with E-state index in [9.17, 15) is 0 Å². The Balaban J connectivity index is 2.24. The maximum absolute atomic E-state index is 3.63. The van der Waals surface area contributed by atoms with Crippen LogP contribution in [-0.4, -0.2) is 21.1 Å². The number of rotatable bonds is 5. The Kier molecular flexibility index (Phi) is 5.21. The summed E-state index contributed by atoms with van der Waals surface area (Å²) in [4.78, 5) is 2.13. The summed E-state index contributed by atoms with van der Waals surface area (Å²) in [6.45, 7) is 0. The van der Waals surface area contributed by atoms with Gasteiger partial charge in [0.2, 0.25) is 0 Å². The zero-order chi connectivity index (χ0) is 14.5. The number of hydrogen-bond acceptors (Lipinski definition) is 2. The van der Waals surface area contributed by atoms with E-state index in [1.54, 1.807) is 0 Å². The third kappa shape index (κ3) is 3.62. The van der Waals surface area contributed by atoms with Crippen molar-refractivity contribution in [1.29, 1.82) is 0 Å². The first kappa shape index (κ1) is 15.1. The Morgan fingerprint density at radius 2 is 1.85 bits per heavy atom. The van der Waals surface area contributed by atoms with E-state index < -0.39 is 0 Å². The van der Waals surface area contributed by atoms with Gasteiger partial charge in [-0.05, 0) is 42.8 Å². The van der Waals surface area contributed by atoms with E-state index in [0.717, 1.165) is 6.42 Å². The highest BCUT2D eigenvalue weighted by atomic mass is 79.9. The molecular formula is C17H21BrN2. The molecule has 0 aliphatic carbocycles. The van der Waals surface area contributed by atoms with Gasteiger partial charge in [-0.25, -0.2) is 0 Å². The van der Waals surface area contributed by atoms with Gasteiger partial charge in [0.15, 0.2) is 0 Å². The molecule has 2 aromatic rings. The summed E-state index contributed by atoms with van der Waals surface area (Å²) in [5.41, 5.74) is 3.87. The van der Waals surface area contributed by atoms with Crippen molar-refractivity contribution < 1.29 is 0 Å². The molecule has 1 unspecified atom stereocenters. The van der Waals surface area contributed by atoms with Gasteiger partial charge in [-0.1, -0.05) is 46.3 Å². The highest BCUT2D eigenvalue weighted by molar-refractivity contribution is 9.10. The third-order valence-corrected chi connectivity index (χ3v) is 4.29. The fourth-order valence-corrected chi connectivity index (χ4v) is 2.74. The first-order chi connectivity index (χ1) is 9.61. The van der Waals surface area contributed by atoms with E-state index in [1.807, 2.05) is 7.05 Å². The minimum absolute atomic E-state index is 0.314. The first-order valence-corrected chi connectivity index (χ1v) is 7.59. The first-order valence-electron chi connectivity index (χ1n) is 6.79. The molecule has 0 aromatic heterocycles. The number of benzene rings is 2. The fraction of sp³-hybridized carbons (Fsp3) is 0.294. The molecule has 0 amide bonds. The van der Waals surface area contributed by atoms with E-state index >= 15 is 0 Å². The second-order valence-electron chi connectivity index (χ2n) is 5.13. The average molecular weight is 333 g/mol. The number of likely N-dealkylation sites (N-methyl/N-ethyl adjacent to an activating group) is 1. The van der Waals surface area contributed by atoms with Crippen molar-refractivity contribution in [2.75, 3.05) is 26.0 Å². The van der Waals surface area contributed by atoms with Gasteiger partial charge in [0.25, 0.3) is 0 Å². The van der Waals surface area contributed by atoms with Gasteiger partial charge in [-0.15, -0.1) is 0 Å². The summed E-state index contributed by atoms with van der Waals surface area (Å²) < 4.78 is 1.17. The quantitative estimate of drug-likeness (QED) is 0.889. The second kappa shape index (κ2) is 6.91. The van der Waals surface area contributed by atoms with Crippen LogP contribution in [0.5, 0.6) is 0 Å². The molecule has 106 valence electrons. The second-order valence-corrected chi connectivity index (χ2v) is 5.98. The molecule has 2 aromatic carbocycles. The summed E-state index contributed by atoms with van der Waals surface area (Å²) in [7, 11) is 6.16. The Labute approximate surface area is 129 Å². The molecule has 2 nitrogen and oxygen atoms in total.